The van der Waals surface area contributed by atoms with Crippen LogP contribution in [0.2, 0.25) is 0 Å². The summed E-state index contributed by atoms with van der Waals surface area (Å²) in [7, 11) is -3.40. The summed E-state index contributed by atoms with van der Waals surface area (Å²) in [5.41, 5.74) is 4.07. The minimum absolute atomic E-state index is 0.0697. The van der Waals surface area contributed by atoms with Crippen LogP contribution in [0.3, 0.4) is 0 Å². The van der Waals surface area contributed by atoms with Gasteiger partial charge in [0, 0.05) is 26.1 Å². The van der Waals surface area contributed by atoms with Gasteiger partial charge >= 0.3 is 0 Å². The van der Waals surface area contributed by atoms with Gasteiger partial charge in [0.2, 0.25) is 15.9 Å². The number of nitrogens with one attached hydrogen (secondary N) is 1. The van der Waals surface area contributed by atoms with Gasteiger partial charge in [0.05, 0.1) is 11.9 Å². The third kappa shape index (κ3) is 7.64. The second-order valence-electron chi connectivity index (χ2n) is 8.70. The Morgan fingerprint density at radius 2 is 1.59 bits per heavy atom. The molecule has 0 bridgehead atoms. The number of anilines is 1. The van der Waals surface area contributed by atoms with Gasteiger partial charge in [0.25, 0.3) is 0 Å². The first-order chi connectivity index (χ1) is 15.3. The lowest BCUT2D eigenvalue weighted by Gasteiger charge is -2.26. The fourth-order valence-corrected chi connectivity index (χ4v) is 4.97. The standard InChI is InChI=1S/C25H35N3O3S/c1-21-8-14-24(15-9-21)28(32(2,30)31)18-6-7-25(29)26-19-22-10-12-23(13-11-22)20-27-16-4-3-5-17-27/h8-15H,3-7,16-20H2,1-2H3,(H,26,29). The summed E-state index contributed by atoms with van der Waals surface area (Å²) in [4.78, 5) is 14.8. The van der Waals surface area contributed by atoms with Gasteiger partial charge in [-0.25, -0.2) is 8.42 Å². The third-order valence-electron chi connectivity index (χ3n) is 5.85. The van der Waals surface area contributed by atoms with Crippen molar-refractivity contribution in [3.63, 3.8) is 0 Å². The van der Waals surface area contributed by atoms with Gasteiger partial charge in [0.1, 0.15) is 0 Å². The highest BCUT2D eigenvalue weighted by molar-refractivity contribution is 7.92. The molecule has 0 radical (unpaired) electrons. The summed E-state index contributed by atoms with van der Waals surface area (Å²) in [5, 5.41) is 2.94. The Morgan fingerprint density at radius 3 is 2.22 bits per heavy atom. The lowest BCUT2D eigenvalue weighted by Crippen LogP contribution is -2.32. The number of hydrogen-bond acceptors (Lipinski definition) is 4. The second-order valence-corrected chi connectivity index (χ2v) is 10.6. The number of likely N-dealkylation sites (tertiary alicyclic amines) is 1. The SMILES string of the molecule is Cc1ccc(N(CCCC(=O)NCc2ccc(CN3CCCCC3)cc2)S(C)(=O)=O)cc1. The van der Waals surface area contributed by atoms with E-state index in [0.717, 1.165) is 17.7 Å². The van der Waals surface area contributed by atoms with Crippen molar-refractivity contribution in [3.05, 3.63) is 65.2 Å². The number of carbonyl (C=O) groups is 1. The van der Waals surface area contributed by atoms with E-state index in [9.17, 15) is 13.2 Å². The fraction of sp³-hybridized carbons (Fsp3) is 0.480. The smallest absolute Gasteiger partial charge is 0.232 e. The molecule has 0 aliphatic carbocycles. The fourth-order valence-electron chi connectivity index (χ4n) is 4.01. The zero-order valence-electron chi connectivity index (χ0n) is 19.2. The van der Waals surface area contributed by atoms with E-state index in [4.69, 9.17) is 0 Å². The molecule has 0 saturated carbocycles. The predicted octanol–water partition coefficient (Wildman–Crippen LogP) is 3.84. The maximum absolute atomic E-state index is 12.3. The first-order valence-corrected chi connectivity index (χ1v) is 13.3. The van der Waals surface area contributed by atoms with Gasteiger partial charge in [-0.3, -0.25) is 14.0 Å². The molecular weight excluding hydrogens is 422 g/mol. The number of hydrogen-bond donors (Lipinski definition) is 1. The van der Waals surface area contributed by atoms with Crippen LogP contribution in [0.4, 0.5) is 5.69 Å². The molecule has 0 aromatic heterocycles. The Kier molecular flexibility index (Phi) is 8.70. The zero-order chi connectivity index (χ0) is 23.0. The quantitative estimate of drug-likeness (QED) is 0.588. The van der Waals surface area contributed by atoms with Gasteiger partial charge in [-0.15, -0.1) is 0 Å². The van der Waals surface area contributed by atoms with E-state index < -0.39 is 10.0 Å². The molecular formula is C25H35N3O3S. The number of amides is 1. The Morgan fingerprint density at radius 1 is 0.969 bits per heavy atom. The van der Waals surface area contributed by atoms with E-state index >= 15 is 0 Å². The summed E-state index contributed by atoms with van der Waals surface area (Å²) in [6.45, 7) is 6.07. The molecule has 7 heteroatoms. The number of benzene rings is 2. The average molecular weight is 458 g/mol. The number of aryl methyl sites for hydroxylation is 1. The van der Waals surface area contributed by atoms with Crippen LogP contribution in [-0.4, -0.2) is 45.1 Å². The normalized spacial score (nSPS) is 14.8. The highest BCUT2D eigenvalue weighted by Gasteiger charge is 2.17. The monoisotopic (exact) mass is 457 g/mol. The molecule has 1 fully saturated rings. The zero-order valence-corrected chi connectivity index (χ0v) is 20.0. The summed E-state index contributed by atoms with van der Waals surface area (Å²) in [5.74, 6) is -0.0697. The third-order valence-corrected chi connectivity index (χ3v) is 7.05. The van der Waals surface area contributed by atoms with Gasteiger partial charge in [-0.1, -0.05) is 48.4 Å². The molecule has 2 aromatic rings. The molecule has 3 rings (SSSR count). The lowest BCUT2D eigenvalue weighted by atomic mass is 10.1. The summed E-state index contributed by atoms with van der Waals surface area (Å²) in [6.07, 6.45) is 5.86. The van der Waals surface area contributed by atoms with Crippen LogP contribution in [0.15, 0.2) is 48.5 Å². The minimum Gasteiger partial charge on any atom is -0.352 e. The maximum Gasteiger partial charge on any atom is 0.232 e. The van der Waals surface area contributed by atoms with E-state index in [2.05, 4.69) is 34.5 Å². The van der Waals surface area contributed by atoms with Gasteiger partial charge in [0.15, 0.2) is 0 Å². The molecule has 6 nitrogen and oxygen atoms in total. The molecule has 1 amide bonds. The van der Waals surface area contributed by atoms with Gasteiger partial charge in [-0.2, -0.15) is 0 Å². The highest BCUT2D eigenvalue weighted by atomic mass is 32.2. The first kappa shape index (κ1) is 24.3. The van der Waals surface area contributed by atoms with Crippen molar-refractivity contribution in [3.8, 4) is 0 Å². The summed E-state index contributed by atoms with van der Waals surface area (Å²) < 4.78 is 25.7. The van der Waals surface area contributed by atoms with Gasteiger partial charge < -0.3 is 5.32 Å². The highest BCUT2D eigenvalue weighted by Crippen LogP contribution is 2.19. The molecule has 1 aliphatic heterocycles. The molecule has 32 heavy (non-hydrogen) atoms. The van der Waals surface area contributed by atoms with Gasteiger partial charge in [-0.05, 0) is 62.5 Å². The summed E-state index contributed by atoms with van der Waals surface area (Å²) in [6, 6.07) is 15.8. The molecule has 1 N–H and O–H groups in total. The number of nitrogens with zero attached hydrogens (tertiary/aromatic N) is 2. The van der Waals surface area contributed by atoms with E-state index in [0.29, 0.717) is 18.7 Å². The van der Waals surface area contributed by atoms with Crippen LogP contribution in [-0.2, 0) is 27.9 Å². The molecule has 1 heterocycles. The van der Waals surface area contributed by atoms with E-state index in [1.54, 1.807) is 12.1 Å². The van der Waals surface area contributed by atoms with E-state index in [-0.39, 0.29) is 18.9 Å². The molecule has 1 aliphatic rings. The number of rotatable bonds is 10. The van der Waals surface area contributed by atoms with Crippen molar-refractivity contribution in [2.45, 2.75) is 52.1 Å². The molecule has 174 valence electrons. The average Bonchev–Trinajstić information content (AvgIpc) is 2.77. The van der Waals surface area contributed by atoms with Crippen LogP contribution in [0.5, 0.6) is 0 Å². The Labute approximate surface area is 192 Å². The maximum atomic E-state index is 12.3. The molecule has 2 aromatic carbocycles. The van der Waals surface area contributed by atoms with E-state index in [1.165, 1.54) is 48.5 Å². The Bertz CT molecular complexity index is 966. The molecule has 1 saturated heterocycles. The van der Waals surface area contributed by atoms with E-state index in [1.807, 2.05) is 19.1 Å². The van der Waals surface area contributed by atoms with Crippen molar-refractivity contribution in [2.75, 3.05) is 30.2 Å². The molecule has 0 spiro atoms. The Hall–Kier alpha value is -2.38. The van der Waals surface area contributed by atoms with Crippen molar-refractivity contribution in [2.24, 2.45) is 0 Å². The number of piperidine rings is 1. The van der Waals surface area contributed by atoms with Crippen LogP contribution < -0.4 is 9.62 Å². The largest absolute Gasteiger partial charge is 0.352 e. The number of carbonyl (C=O) groups excluding carboxylic acids is 1. The lowest BCUT2D eigenvalue weighted by molar-refractivity contribution is -0.121. The number of sulfonamides is 1. The van der Waals surface area contributed by atoms with Crippen molar-refractivity contribution >= 4 is 21.6 Å². The van der Waals surface area contributed by atoms with Crippen molar-refractivity contribution < 1.29 is 13.2 Å². The Balaban J connectivity index is 1.42. The molecule has 0 unspecified atom stereocenters. The van der Waals surface area contributed by atoms with Crippen LogP contribution in [0.25, 0.3) is 0 Å². The van der Waals surface area contributed by atoms with Crippen LogP contribution >= 0.6 is 0 Å². The summed E-state index contributed by atoms with van der Waals surface area (Å²) >= 11 is 0. The topological polar surface area (TPSA) is 69.7 Å². The second kappa shape index (κ2) is 11.5. The first-order valence-electron chi connectivity index (χ1n) is 11.4. The van der Waals surface area contributed by atoms with Crippen LogP contribution in [0, 0.1) is 6.92 Å². The predicted molar refractivity (Wildman–Crippen MR) is 130 cm³/mol. The minimum atomic E-state index is -3.40. The van der Waals surface area contributed by atoms with Crippen LogP contribution in [0.1, 0.15) is 48.8 Å². The van der Waals surface area contributed by atoms with Crippen molar-refractivity contribution in [1.82, 2.24) is 10.2 Å². The molecule has 0 atom stereocenters. The van der Waals surface area contributed by atoms with Crippen molar-refractivity contribution in [1.29, 1.82) is 0 Å².